The summed E-state index contributed by atoms with van der Waals surface area (Å²) in [6.45, 7) is 0. The Bertz CT molecular complexity index is 1050. The first-order valence-corrected chi connectivity index (χ1v) is 10.9. The highest BCUT2D eigenvalue weighted by Gasteiger charge is 2.35. The standard InChI is InChI=1S/C23H26N4O7/c24-18-11-15-6-8-16(27(12-28)20(15)22(32)26-18)7-3-13-1-4-14(5-2-13)21(31)25-17(23(33)34)9-10-19(29)30/h1-2,4-5,12,16-17H,3,6-11H2,(H,25,31)(H,29,30)(H,33,34)(H2,24,26,32)/t16?,17-/m0/s1. The zero-order valence-corrected chi connectivity index (χ0v) is 18.4. The number of carboxylic acid groups (broad SMARTS) is 2. The molecule has 0 aromatic heterocycles. The molecule has 2 heterocycles. The molecule has 1 unspecified atom stereocenters. The van der Waals surface area contributed by atoms with Gasteiger partial charge in [0.2, 0.25) is 6.41 Å². The van der Waals surface area contributed by atoms with E-state index >= 15 is 0 Å². The Morgan fingerprint density at radius 2 is 1.94 bits per heavy atom. The molecule has 3 amide bonds. The molecule has 0 spiro atoms. The Labute approximate surface area is 195 Å². The van der Waals surface area contributed by atoms with Crippen molar-refractivity contribution in [2.75, 3.05) is 0 Å². The molecule has 1 aromatic rings. The second-order valence-corrected chi connectivity index (χ2v) is 8.30. The van der Waals surface area contributed by atoms with Crippen LogP contribution in [0.15, 0.2) is 35.5 Å². The average Bonchev–Trinajstić information content (AvgIpc) is 2.79. The van der Waals surface area contributed by atoms with Gasteiger partial charge in [0.05, 0.1) is 0 Å². The number of carbonyl (C=O) groups is 5. The number of carboxylic acids is 2. The molecular formula is C23H26N4O7. The molecule has 1 aromatic carbocycles. The van der Waals surface area contributed by atoms with Crippen LogP contribution in [0.1, 0.15) is 54.4 Å². The van der Waals surface area contributed by atoms with E-state index in [0.29, 0.717) is 44.2 Å². The first kappa shape index (κ1) is 24.6. The molecule has 180 valence electrons. The zero-order valence-electron chi connectivity index (χ0n) is 18.4. The van der Waals surface area contributed by atoms with Gasteiger partial charge in [-0.05, 0) is 55.4 Å². The number of amides is 3. The van der Waals surface area contributed by atoms with Crippen LogP contribution in [0.3, 0.4) is 0 Å². The van der Waals surface area contributed by atoms with Crippen LogP contribution in [-0.2, 0) is 25.6 Å². The molecule has 0 saturated heterocycles. The van der Waals surface area contributed by atoms with E-state index in [9.17, 15) is 29.1 Å². The van der Waals surface area contributed by atoms with Crippen LogP contribution in [-0.4, -0.2) is 63.2 Å². The van der Waals surface area contributed by atoms with Gasteiger partial charge in [0, 0.05) is 24.4 Å². The highest BCUT2D eigenvalue weighted by Crippen LogP contribution is 2.32. The van der Waals surface area contributed by atoms with Crippen molar-refractivity contribution in [2.24, 2.45) is 0 Å². The number of hydrogen-bond donors (Lipinski definition) is 5. The average molecular weight is 470 g/mol. The van der Waals surface area contributed by atoms with Crippen LogP contribution in [0.2, 0.25) is 0 Å². The molecule has 0 aliphatic carbocycles. The van der Waals surface area contributed by atoms with Crippen molar-refractivity contribution in [3.8, 4) is 0 Å². The predicted molar refractivity (Wildman–Crippen MR) is 119 cm³/mol. The number of rotatable bonds is 10. The summed E-state index contributed by atoms with van der Waals surface area (Å²) in [5, 5.41) is 30.4. The lowest BCUT2D eigenvalue weighted by molar-refractivity contribution is -0.140. The Hall–Kier alpha value is -4.02. The molecule has 34 heavy (non-hydrogen) atoms. The van der Waals surface area contributed by atoms with Gasteiger partial charge >= 0.3 is 11.9 Å². The summed E-state index contributed by atoms with van der Waals surface area (Å²) in [5.41, 5.74) is 2.28. The smallest absolute Gasteiger partial charge is 0.326 e. The van der Waals surface area contributed by atoms with Gasteiger partial charge in [-0.25, -0.2) is 4.79 Å². The predicted octanol–water partition coefficient (Wildman–Crippen LogP) is 1.04. The molecule has 2 atom stereocenters. The molecule has 5 N–H and O–H groups in total. The summed E-state index contributed by atoms with van der Waals surface area (Å²) in [4.78, 5) is 59.8. The first-order valence-electron chi connectivity index (χ1n) is 10.9. The van der Waals surface area contributed by atoms with Gasteiger partial charge in [0.15, 0.2) is 0 Å². The molecule has 11 nitrogen and oxygen atoms in total. The number of aliphatic carboxylic acids is 2. The van der Waals surface area contributed by atoms with Gasteiger partial charge in [-0.15, -0.1) is 0 Å². The monoisotopic (exact) mass is 470 g/mol. The second kappa shape index (κ2) is 10.7. The van der Waals surface area contributed by atoms with Crippen LogP contribution in [0, 0.1) is 5.41 Å². The number of aryl methyl sites for hydroxylation is 1. The van der Waals surface area contributed by atoms with Crippen LogP contribution in [0.5, 0.6) is 0 Å². The van der Waals surface area contributed by atoms with Crippen molar-refractivity contribution in [3.63, 3.8) is 0 Å². The van der Waals surface area contributed by atoms with E-state index in [-0.39, 0.29) is 30.3 Å². The quantitative estimate of drug-likeness (QED) is 0.317. The van der Waals surface area contributed by atoms with E-state index in [1.54, 1.807) is 24.3 Å². The summed E-state index contributed by atoms with van der Waals surface area (Å²) in [5.74, 6) is -3.36. The zero-order chi connectivity index (χ0) is 24.8. The van der Waals surface area contributed by atoms with E-state index in [4.69, 9.17) is 10.5 Å². The minimum atomic E-state index is -1.31. The largest absolute Gasteiger partial charge is 0.481 e. The van der Waals surface area contributed by atoms with Crippen molar-refractivity contribution >= 4 is 36.0 Å². The lowest BCUT2D eigenvalue weighted by Crippen LogP contribution is -2.48. The highest BCUT2D eigenvalue weighted by molar-refractivity contribution is 6.10. The molecule has 0 radical (unpaired) electrons. The minimum absolute atomic E-state index is 0.133. The summed E-state index contributed by atoms with van der Waals surface area (Å²) in [6.07, 6.45) is 2.91. The SMILES string of the molecule is N=C1CC2=C(C(=O)N1)N(C=O)C(CCc1ccc(C(=O)N[C@@H](CCC(=O)O)C(=O)O)cc1)CC2. The third-order valence-electron chi connectivity index (χ3n) is 5.98. The Morgan fingerprint density at radius 3 is 2.56 bits per heavy atom. The van der Waals surface area contributed by atoms with Crippen molar-refractivity contribution in [1.82, 2.24) is 15.5 Å². The maximum atomic E-state index is 12.4. The van der Waals surface area contributed by atoms with Crippen LogP contribution < -0.4 is 10.6 Å². The molecule has 2 aliphatic rings. The summed E-state index contributed by atoms with van der Waals surface area (Å²) in [7, 11) is 0. The van der Waals surface area contributed by atoms with Gasteiger partial charge in [-0.3, -0.25) is 24.6 Å². The van der Waals surface area contributed by atoms with Gasteiger partial charge in [0.1, 0.15) is 17.6 Å². The second-order valence-electron chi connectivity index (χ2n) is 8.30. The number of amidine groups is 1. The van der Waals surface area contributed by atoms with Gasteiger partial charge in [-0.2, -0.15) is 0 Å². The summed E-state index contributed by atoms with van der Waals surface area (Å²) < 4.78 is 0. The van der Waals surface area contributed by atoms with Crippen LogP contribution in [0.25, 0.3) is 0 Å². The minimum Gasteiger partial charge on any atom is -0.481 e. The summed E-state index contributed by atoms with van der Waals surface area (Å²) in [6, 6.07) is 5.11. The fourth-order valence-corrected chi connectivity index (χ4v) is 4.21. The number of hydrogen-bond acceptors (Lipinski definition) is 6. The lowest BCUT2D eigenvalue weighted by atomic mass is 9.89. The Kier molecular flexibility index (Phi) is 7.77. The maximum absolute atomic E-state index is 12.4. The number of nitrogens with one attached hydrogen (secondary N) is 3. The Morgan fingerprint density at radius 1 is 1.24 bits per heavy atom. The van der Waals surface area contributed by atoms with Crippen molar-refractivity contribution in [3.05, 3.63) is 46.7 Å². The van der Waals surface area contributed by atoms with E-state index in [1.807, 2.05) is 0 Å². The fraction of sp³-hybridized carbons (Fsp3) is 0.391. The third kappa shape index (κ3) is 5.85. The lowest BCUT2D eigenvalue weighted by Gasteiger charge is -2.38. The third-order valence-corrected chi connectivity index (χ3v) is 5.98. The van der Waals surface area contributed by atoms with Crippen molar-refractivity contribution in [1.29, 1.82) is 5.41 Å². The number of carbonyl (C=O) groups excluding carboxylic acids is 3. The fourth-order valence-electron chi connectivity index (χ4n) is 4.21. The summed E-state index contributed by atoms with van der Waals surface area (Å²) >= 11 is 0. The van der Waals surface area contributed by atoms with Crippen molar-refractivity contribution < 1.29 is 34.2 Å². The molecule has 11 heteroatoms. The Balaban J connectivity index is 1.59. The molecule has 0 bridgehead atoms. The van der Waals surface area contributed by atoms with E-state index in [1.165, 1.54) is 4.90 Å². The van der Waals surface area contributed by atoms with Crippen LogP contribution >= 0.6 is 0 Å². The normalized spacial score (nSPS) is 18.6. The molecule has 2 aliphatic heterocycles. The highest BCUT2D eigenvalue weighted by atomic mass is 16.4. The van der Waals surface area contributed by atoms with Crippen LogP contribution in [0.4, 0.5) is 0 Å². The molecular weight excluding hydrogens is 444 g/mol. The van der Waals surface area contributed by atoms with Gasteiger partial charge in [0.25, 0.3) is 11.8 Å². The van der Waals surface area contributed by atoms with Gasteiger partial charge in [-0.1, -0.05) is 12.1 Å². The maximum Gasteiger partial charge on any atom is 0.326 e. The molecule has 0 saturated carbocycles. The number of nitrogens with zero attached hydrogens (tertiary/aromatic N) is 1. The molecule has 0 fully saturated rings. The van der Waals surface area contributed by atoms with Gasteiger partial charge < -0.3 is 25.7 Å². The topological polar surface area (TPSA) is 177 Å². The van der Waals surface area contributed by atoms with E-state index in [0.717, 1.165) is 11.1 Å². The first-order chi connectivity index (χ1) is 16.2. The van der Waals surface area contributed by atoms with E-state index in [2.05, 4.69) is 10.6 Å². The van der Waals surface area contributed by atoms with E-state index < -0.39 is 29.8 Å². The van der Waals surface area contributed by atoms with Crippen molar-refractivity contribution in [2.45, 2.75) is 57.0 Å². The molecule has 3 rings (SSSR count). The number of benzene rings is 1.